The number of rotatable bonds is 4. The maximum atomic E-state index is 4.65. The molecule has 0 spiro atoms. The van der Waals surface area contributed by atoms with Crippen molar-refractivity contribution in [2.75, 3.05) is 0 Å². The third-order valence-electron chi connectivity index (χ3n) is 3.21. The monoisotopic (exact) mass is 333 g/mol. The quantitative estimate of drug-likeness (QED) is 0.918. The van der Waals surface area contributed by atoms with Crippen molar-refractivity contribution >= 4 is 15.9 Å². The SMILES string of the molecule is Cc1nc(-c2ccc(Br)cc2)nc(C)c1CNC(C)C. The van der Waals surface area contributed by atoms with Gasteiger partial charge in [-0.1, -0.05) is 41.9 Å². The Morgan fingerprint density at radius 2 is 1.60 bits per heavy atom. The van der Waals surface area contributed by atoms with E-state index in [1.165, 1.54) is 5.56 Å². The molecule has 0 saturated heterocycles. The Hall–Kier alpha value is -1.26. The minimum Gasteiger partial charge on any atom is -0.310 e. The van der Waals surface area contributed by atoms with Gasteiger partial charge in [0.1, 0.15) is 0 Å². The van der Waals surface area contributed by atoms with Crippen LogP contribution in [0.15, 0.2) is 28.7 Å². The molecule has 0 aliphatic heterocycles. The molecule has 1 N–H and O–H groups in total. The molecule has 1 aromatic carbocycles. The van der Waals surface area contributed by atoms with Crippen molar-refractivity contribution in [1.29, 1.82) is 0 Å². The second-order valence-corrected chi connectivity index (χ2v) is 6.15. The van der Waals surface area contributed by atoms with Crippen LogP contribution < -0.4 is 5.32 Å². The minimum atomic E-state index is 0.458. The summed E-state index contributed by atoms with van der Waals surface area (Å²) in [6.07, 6.45) is 0. The highest BCUT2D eigenvalue weighted by atomic mass is 79.9. The highest BCUT2D eigenvalue weighted by Gasteiger charge is 2.10. The van der Waals surface area contributed by atoms with Crippen LogP contribution in [0, 0.1) is 13.8 Å². The molecular weight excluding hydrogens is 314 g/mol. The summed E-state index contributed by atoms with van der Waals surface area (Å²) in [6.45, 7) is 9.20. The molecule has 0 amide bonds. The Balaban J connectivity index is 2.32. The van der Waals surface area contributed by atoms with Gasteiger partial charge in [-0.05, 0) is 26.0 Å². The lowest BCUT2D eigenvalue weighted by atomic mass is 10.1. The third-order valence-corrected chi connectivity index (χ3v) is 3.74. The molecule has 2 aromatic rings. The van der Waals surface area contributed by atoms with Gasteiger partial charge in [-0.15, -0.1) is 0 Å². The van der Waals surface area contributed by atoms with Crippen molar-refractivity contribution in [2.24, 2.45) is 0 Å². The first-order valence-corrected chi connectivity index (χ1v) is 7.60. The summed E-state index contributed by atoms with van der Waals surface area (Å²) >= 11 is 3.44. The lowest BCUT2D eigenvalue weighted by molar-refractivity contribution is 0.583. The molecule has 0 fully saturated rings. The fraction of sp³-hybridized carbons (Fsp3) is 0.375. The van der Waals surface area contributed by atoms with Crippen LogP contribution in [-0.2, 0) is 6.54 Å². The molecule has 2 rings (SSSR count). The van der Waals surface area contributed by atoms with Gasteiger partial charge < -0.3 is 5.32 Å². The number of aromatic nitrogens is 2. The van der Waals surface area contributed by atoms with Crippen LogP contribution in [-0.4, -0.2) is 16.0 Å². The zero-order valence-corrected chi connectivity index (χ0v) is 14.0. The lowest BCUT2D eigenvalue weighted by Gasteiger charge is -2.13. The molecule has 1 aromatic heterocycles. The molecule has 0 radical (unpaired) electrons. The van der Waals surface area contributed by atoms with E-state index in [4.69, 9.17) is 0 Å². The molecule has 0 bridgehead atoms. The molecule has 20 heavy (non-hydrogen) atoms. The zero-order chi connectivity index (χ0) is 14.7. The fourth-order valence-corrected chi connectivity index (χ4v) is 2.29. The number of hydrogen-bond donors (Lipinski definition) is 1. The van der Waals surface area contributed by atoms with Gasteiger partial charge in [0.25, 0.3) is 0 Å². The molecule has 0 atom stereocenters. The van der Waals surface area contributed by atoms with E-state index in [9.17, 15) is 0 Å². The molecule has 0 saturated carbocycles. The summed E-state index contributed by atoms with van der Waals surface area (Å²) in [6, 6.07) is 8.55. The number of aryl methyl sites for hydroxylation is 2. The van der Waals surface area contributed by atoms with Crippen LogP contribution in [0.4, 0.5) is 0 Å². The summed E-state index contributed by atoms with van der Waals surface area (Å²) in [5, 5.41) is 3.42. The van der Waals surface area contributed by atoms with Crippen LogP contribution in [0.2, 0.25) is 0 Å². The highest BCUT2D eigenvalue weighted by Crippen LogP contribution is 2.21. The number of benzene rings is 1. The van der Waals surface area contributed by atoms with Gasteiger partial charge in [-0.2, -0.15) is 0 Å². The summed E-state index contributed by atoms with van der Waals surface area (Å²) in [5.74, 6) is 0.792. The van der Waals surface area contributed by atoms with Crippen molar-refractivity contribution < 1.29 is 0 Å². The first-order valence-electron chi connectivity index (χ1n) is 6.81. The Kier molecular flexibility index (Phi) is 4.89. The molecule has 0 aliphatic carbocycles. The Labute approximate surface area is 129 Å². The first-order chi connectivity index (χ1) is 9.47. The standard InChI is InChI=1S/C16H20BrN3/c1-10(2)18-9-15-11(3)19-16(20-12(15)4)13-5-7-14(17)8-6-13/h5-8,10,18H,9H2,1-4H3. The maximum Gasteiger partial charge on any atom is 0.159 e. The van der Waals surface area contributed by atoms with E-state index in [0.29, 0.717) is 6.04 Å². The van der Waals surface area contributed by atoms with Crippen LogP contribution >= 0.6 is 15.9 Å². The summed E-state index contributed by atoms with van der Waals surface area (Å²) < 4.78 is 1.06. The molecule has 0 unspecified atom stereocenters. The van der Waals surface area contributed by atoms with Crippen LogP contribution in [0.25, 0.3) is 11.4 Å². The van der Waals surface area contributed by atoms with Crippen LogP contribution in [0.1, 0.15) is 30.8 Å². The van der Waals surface area contributed by atoms with Crippen molar-refractivity contribution in [3.05, 3.63) is 45.7 Å². The molecule has 1 heterocycles. The van der Waals surface area contributed by atoms with Gasteiger partial charge in [0.15, 0.2) is 5.82 Å². The van der Waals surface area contributed by atoms with Crippen molar-refractivity contribution in [1.82, 2.24) is 15.3 Å². The predicted octanol–water partition coefficient (Wildman–Crippen LogP) is 4.02. The summed E-state index contributed by atoms with van der Waals surface area (Å²) in [7, 11) is 0. The normalized spacial score (nSPS) is 11.1. The van der Waals surface area contributed by atoms with E-state index in [2.05, 4.69) is 45.1 Å². The third kappa shape index (κ3) is 3.64. The van der Waals surface area contributed by atoms with Gasteiger partial charge in [-0.25, -0.2) is 9.97 Å². The lowest BCUT2D eigenvalue weighted by Crippen LogP contribution is -2.23. The van der Waals surface area contributed by atoms with Crippen LogP contribution in [0.5, 0.6) is 0 Å². The molecule has 3 nitrogen and oxygen atoms in total. The molecule has 4 heteroatoms. The average molecular weight is 334 g/mol. The van der Waals surface area contributed by atoms with Gasteiger partial charge in [0.2, 0.25) is 0 Å². The summed E-state index contributed by atoms with van der Waals surface area (Å²) in [4.78, 5) is 9.29. The number of hydrogen-bond acceptors (Lipinski definition) is 3. The van der Waals surface area contributed by atoms with E-state index in [-0.39, 0.29) is 0 Å². The number of nitrogens with zero attached hydrogens (tertiary/aromatic N) is 2. The Morgan fingerprint density at radius 1 is 1.05 bits per heavy atom. The van der Waals surface area contributed by atoms with Crippen molar-refractivity contribution in [3.8, 4) is 11.4 Å². The minimum absolute atomic E-state index is 0.458. The van der Waals surface area contributed by atoms with E-state index >= 15 is 0 Å². The second kappa shape index (κ2) is 6.46. The number of halogens is 1. The first kappa shape index (κ1) is 15.1. The molecule has 106 valence electrons. The summed E-state index contributed by atoms with van der Waals surface area (Å²) in [5.41, 5.74) is 4.33. The fourth-order valence-electron chi connectivity index (χ4n) is 2.03. The van der Waals surface area contributed by atoms with Gasteiger partial charge in [0, 0.05) is 39.6 Å². The van der Waals surface area contributed by atoms with Crippen molar-refractivity contribution in [2.45, 2.75) is 40.3 Å². The van der Waals surface area contributed by atoms with E-state index in [1.54, 1.807) is 0 Å². The molecule has 0 aliphatic rings. The number of nitrogens with one attached hydrogen (secondary N) is 1. The van der Waals surface area contributed by atoms with Gasteiger partial charge in [-0.3, -0.25) is 0 Å². The Morgan fingerprint density at radius 3 is 2.10 bits per heavy atom. The molecular formula is C16H20BrN3. The largest absolute Gasteiger partial charge is 0.310 e. The van der Waals surface area contributed by atoms with Crippen LogP contribution in [0.3, 0.4) is 0 Å². The van der Waals surface area contributed by atoms with E-state index in [0.717, 1.165) is 33.8 Å². The second-order valence-electron chi connectivity index (χ2n) is 5.24. The van der Waals surface area contributed by atoms with E-state index in [1.807, 2.05) is 38.1 Å². The van der Waals surface area contributed by atoms with Gasteiger partial charge in [0.05, 0.1) is 0 Å². The van der Waals surface area contributed by atoms with Gasteiger partial charge >= 0.3 is 0 Å². The average Bonchev–Trinajstić information content (AvgIpc) is 2.38. The maximum absolute atomic E-state index is 4.65. The highest BCUT2D eigenvalue weighted by molar-refractivity contribution is 9.10. The Bertz CT molecular complexity index is 568. The van der Waals surface area contributed by atoms with E-state index < -0.39 is 0 Å². The smallest absolute Gasteiger partial charge is 0.159 e. The predicted molar refractivity (Wildman–Crippen MR) is 86.6 cm³/mol. The zero-order valence-electron chi connectivity index (χ0n) is 12.4. The topological polar surface area (TPSA) is 37.8 Å². The van der Waals surface area contributed by atoms with Crippen molar-refractivity contribution in [3.63, 3.8) is 0 Å².